The number of nitro groups is 1. The molecule has 1 aromatic rings. The van der Waals surface area contributed by atoms with Gasteiger partial charge in [0.25, 0.3) is 0 Å². The van der Waals surface area contributed by atoms with Crippen LogP contribution in [-0.2, 0) is 0 Å². The normalized spacial score (nSPS) is 27.2. The highest BCUT2D eigenvalue weighted by molar-refractivity contribution is 7.15. The van der Waals surface area contributed by atoms with Crippen molar-refractivity contribution < 1.29 is 10.0 Å². The summed E-state index contributed by atoms with van der Waals surface area (Å²) in [6.45, 7) is 0. The largest absolute Gasteiger partial charge is 0.512 e. The van der Waals surface area contributed by atoms with Crippen molar-refractivity contribution in [3.8, 4) is 0 Å². The van der Waals surface area contributed by atoms with Crippen molar-refractivity contribution in [2.45, 2.75) is 38.5 Å². The van der Waals surface area contributed by atoms with Crippen molar-refractivity contribution in [3.05, 3.63) is 27.1 Å². The molecule has 2 atom stereocenters. The van der Waals surface area contributed by atoms with E-state index in [1.54, 1.807) is 0 Å². The maximum absolute atomic E-state index is 10.7. The summed E-state index contributed by atoms with van der Waals surface area (Å²) in [7, 11) is 0. The lowest BCUT2D eigenvalue weighted by molar-refractivity contribution is -0.380. The first-order chi connectivity index (χ1) is 9.16. The second kappa shape index (κ2) is 4.92. The van der Waals surface area contributed by atoms with Crippen LogP contribution in [0.2, 0.25) is 0 Å². The first-order valence-corrected chi connectivity index (χ1v) is 7.51. The number of aliphatic hydroxyl groups is 1. The molecule has 1 saturated carbocycles. The van der Waals surface area contributed by atoms with E-state index in [2.05, 4.69) is 4.98 Å². The molecule has 0 bridgehead atoms. The predicted octanol–water partition coefficient (Wildman–Crippen LogP) is 3.92. The molecule has 3 rings (SSSR count). The molecule has 1 N–H and O–H groups in total. The molecule has 2 aliphatic carbocycles. The van der Waals surface area contributed by atoms with Crippen LogP contribution in [0.25, 0.3) is 5.57 Å². The SMILES string of the molecule is O=[N+]([O-])c1cnc(C2=C(O)[C@H]3CCCC[C@@H]3CC2)s1. The number of fused-ring (bicyclic) bond motifs is 1. The summed E-state index contributed by atoms with van der Waals surface area (Å²) in [5.41, 5.74) is 0.834. The van der Waals surface area contributed by atoms with E-state index in [-0.39, 0.29) is 10.9 Å². The molecule has 2 aliphatic rings. The molecule has 0 aromatic carbocycles. The molecule has 0 aliphatic heterocycles. The Morgan fingerprint density at radius 2 is 2.16 bits per heavy atom. The van der Waals surface area contributed by atoms with E-state index in [9.17, 15) is 15.2 Å². The smallest absolute Gasteiger partial charge is 0.344 e. The van der Waals surface area contributed by atoms with Gasteiger partial charge in [-0.25, -0.2) is 4.98 Å². The molecule has 6 heteroatoms. The first-order valence-electron chi connectivity index (χ1n) is 6.69. The molecular formula is C13H16N2O3S. The molecule has 0 radical (unpaired) electrons. The van der Waals surface area contributed by atoms with Gasteiger partial charge in [0.05, 0.1) is 4.92 Å². The van der Waals surface area contributed by atoms with E-state index in [0.29, 0.717) is 16.7 Å². The van der Waals surface area contributed by atoms with Gasteiger partial charge in [-0.2, -0.15) is 0 Å². The van der Waals surface area contributed by atoms with Gasteiger partial charge in [-0.3, -0.25) is 10.1 Å². The van der Waals surface area contributed by atoms with Gasteiger partial charge in [-0.15, -0.1) is 0 Å². The molecule has 0 saturated heterocycles. The third-order valence-electron chi connectivity index (χ3n) is 4.27. The number of rotatable bonds is 2. The summed E-state index contributed by atoms with van der Waals surface area (Å²) < 4.78 is 0. The van der Waals surface area contributed by atoms with Crippen LogP contribution >= 0.6 is 11.3 Å². The minimum atomic E-state index is -0.426. The van der Waals surface area contributed by atoms with Crippen molar-refractivity contribution in [2.24, 2.45) is 11.8 Å². The Hall–Kier alpha value is -1.43. The monoisotopic (exact) mass is 280 g/mol. The minimum absolute atomic E-state index is 0.0427. The van der Waals surface area contributed by atoms with Gasteiger partial charge in [0, 0.05) is 11.5 Å². The van der Waals surface area contributed by atoms with Crippen molar-refractivity contribution in [1.29, 1.82) is 0 Å². The van der Waals surface area contributed by atoms with Crippen LogP contribution in [-0.4, -0.2) is 15.0 Å². The predicted molar refractivity (Wildman–Crippen MR) is 73.0 cm³/mol. The Morgan fingerprint density at radius 1 is 1.37 bits per heavy atom. The maximum atomic E-state index is 10.7. The van der Waals surface area contributed by atoms with Crippen LogP contribution in [0.4, 0.5) is 5.00 Å². The Labute approximate surface area is 115 Å². The Balaban J connectivity index is 1.92. The molecule has 1 heterocycles. The summed E-state index contributed by atoms with van der Waals surface area (Å²) in [5.74, 6) is 1.29. The average molecular weight is 280 g/mol. The van der Waals surface area contributed by atoms with E-state index in [1.807, 2.05) is 0 Å². The molecule has 1 fully saturated rings. The summed E-state index contributed by atoms with van der Waals surface area (Å²) in [5, 5.41) is 21.8. The first kappa shape index (κ1) is 12.6. The lowest BCUT2D eigenvalue weighted by Gasteiger charge is -2.35. The lowest BCUT2D eigenvalue weighted by atomic mass is 9.71. The lowest BCUT2D eigenvalue weighted by Crippen LogP contribution is -2.25. The fraction of sp³-hybridized carbons (Fsp3) is 0.615. The van der Waals surface area contributed by atoms with Gasteiger partial charge in [0.1, 0.15) is 17.0 Å². The van der Waals surface area contributed by atoms with Crippen LogP contribution in [0.3, 0.4) is 0 Å². The molecule has 0 amide bonds. The van der Waals surface area contributed by atoms with Crippen molar-refractivity contribution >= 4 is 21.9 Å². The average Bonchev–Trinajstić information content (AvgIpc) is 2.89. The second-order valence-corrected chi connectivity index (χ2v) is 6.32. The highest BCUT2D eigenvalue weighted by Gasteiger charge is 2.34. The number of thiazole rings is 1. The zero-order chi connectivity index (χ0) is 13.4. The van der Waals surface area contributed by atoms with E-state index in [1.165, 1.54) is 19.0 Å². The minimum Gasteiger partial charge on any atom is -0.512 e. The zero-order valence-corrected chi connectivity index (χ0v) is 11.4. The zero-order valence-electron chi connectivity index (χ0n) is 10.5. The Kier molecular flexibility index (Phi) is 3.26. The topological polar surface area (TPSA) is 76.3 Å². The van der Waals surface area contributed by atoms with Crippen LogP contribution in [0.15, 0.2) is 12.0 Å². The highest BCUT2D eigenvalue weighted by atomic mass is 32.1. The maximum Gasteiger partial charge on any atom is 0.344 e. The second-order valence-electron chi connectivity index (χ2n) is 5.31. The van der Waals surface area contributed by atoms with Crippen LogP contribution in [0, 0.1) is 22.0 Å². The molecule has 5 nitrogen and oxygen atoms in total. The number of allylic oxidation sites excluding steroid dienone is 2. The van der Waals surface area contributed by atoms with Gasteiger partial charge < -0.3 is 5.11 Å². The standard InChI is InChI=1S/C13H16N2O3S/c16-12-9-4-2-1-3-8(9)5-6-10(12)13-14-7-11(19-13)15(17)18/h7-9,16H,1-6H2/t8-,9+/m1/s1. The summed E-state index contributed by atoms with van der Waals surface area (Å²) >= 11 is 1.06. The highest BCUT2D eigenvalue weighted by Crippen LogP contribution is 2.46. The van der Waals surface area contributed by atoms with E-state index in [0.717, 1.165) is 42.6 Å². The van der Waals surface area contributed by atoms with Crippen LogP contribution in [0.1, 0.15) is 43.5 Å². The summed E-state index contributed by atoms with van der Waals surface area (Å²) in [6, 6.07) is 0. The van der Waals surface area contributed by atoms with Crippen molar-refractivity contribution in [2.75, 3.05) is 0 Å². The summed E-state index contributed by atoms with van der Waals surface area (Å²) in [6.07, 6.45) is 7.79. The number of hydrogen-bond donors (Lipinski definition) is 1. The molecular weight excluding hydrogens is 264 g/mol. The van der Waals surface area contributed by atoms with Crippen LogP contribution in [0.5, 0.6) is 0 Å². The number of hydrogen-bond acceptors (Lipinski definition) is 5. The quantitative estimate of drug-likeness (QED) is 0.658. The van der Waals surface area contributed by atoms with Crippen LogP contribution < -0.4 is 0 Å². The van der Waals surface area contributed by atoms with Crippen molar-refractivity contribution in [3.63, 3.8) is 0 Å². The van der Waals surface area contributed by atoms with Gasteiger partial charge >= 0.3 is 5.00 Å². The third kappa shape index (κ3) is 2.25. The number of nitrogens with zero attached hydrogens (tertiary/aromatic N) is 2. The van der Waals surface area contributed by atoms with Gasteiger partial charge in [-0.1, -0.05) is 12.8 Å². The molecule has 102 valence electrons. The molecule has 0 spiro atoms. The van der Waals surface area contributed by atoms with E-state index in [4.69, 9.17) is 0 Å². The number of aliphatic hydroxyl groups excluding tert-OH is 1. The molecule has 0 unspecified atom stereocenters. The van der Waals surface area contributed by atoms with Gasteiger partial charge in [0.15, 0.2) is 0 Å². The Morgan fingerprint density at radius 3 is 2.89 bits per heavy atom. The Bertz CT molecular complexity index is 538. The molecule has 1 aromatic heterocycles. The van der Waals surface area contributed by atoms with E-state index >= 15 is 0 Å². The fourth-order valence-electron chi connectivity index (χ4n) is 3.30. The van der Waals surface area contributed by atoms with Crippen molar-refractivity contribution in [1.82, 2.24) is 4.98 Å². The number of aromatic nitrogens is 1. The van der Waals surface area contributed by atoms with Gasteiger partial charge in [-0.05, 0) is 42.9 Å². The van der Waals surface area contributed by atoms with Gasteiger partial charge in [0.2, 0.25) is 0 Å². The van der Waals surface area contributed by atoms with E-state index < -0.39 is 4.92 Å². The molecule has 19 heavy (non-hydrogen) atoms. The summed E-state index contributed by atoms with van der Waals surface area (Å²) in [4.78, 5) is 14.4. The fourth-order valence-corrected chi connectivity index (χ4v) is 4.11. The third-order valence-corrected chi connectivity index (χ3v) is 5.27.